The van der Waals surface area contributed by atoms with Gasteiger partial charge in [0.2, 0.25) is 0 Å². The van der Waals surface area contributed by atoms with E-state index in [9.17, 15) is 13.2 Å². The van der Waals surface area contributed by atoms with E-state index in [0.717, 1.165) is 5.82 Å². The molecule has 0 aliphatic carbocycles. The van der Waals surface area contributed by atoms with Crippen LogP contribution < -0.4 is 4.90 Å². The van der Waals surface area contributed by atoms with Gasteiger partial charge < -0.3 is 4.90 Å². The van der Waals surface area contributed by atoms with E-state index < -0.39 is 12.1 Å². The lowest BCUT2D eigenvalue weighted by molar-refractivity contribution is -0.179. The van der Waals surface area contributed by atoms with Crippen LogP contribution in [0.15, 0.2) is 22.8 Å². The first-order valence-corrected chi connectivity index (χ1v) is 6.20. The lowest BCUT2D eigenvalue weighted by Gasteiger charge is -2.33. The summed E-state index contributed by atoms with van der Waals surface area (Å²) in [4.78, 5) is 6.14. The summed E-state index contributed by atoms with van der Waals surface area (Å²) in [5.41, 5.74) is 0. The Balaban J connectivity index is 2.00. The van der Waals surface area contributed by atoms with Crippen LogP contribution >= 0.6 is 15.9 Å². The van der Waals surface area contributed by atoms with Crippen LogP contribution in [0.25, 0.3) is 0 Å². The second kappa shape index (κ2) is 4.84. The molecule has 0 N–H and O–H groups in total. The van der Waals surface area contributed by atoms with Crippen molar-refractivity contribution in [3.05, 3.63) is 22.8 Å². The Bertz CT molecular complexity index is 387. The molecule has 1 saturated heterocycles. The van der Waals surface area contributed by atoms with E-state index in [-0.39, 0.29) is 12.8 Å². The zero-order valence-electron chi connectivity index (χ0n) is 9.04. The molecule has 0 amide bonds. The van der Waals surface area contributed by atoms with Crippen LogP contribution in [0.2, 0.25) is 0 Å². The van der Waals surface area contributed by atoms with Gasteiger partial charge in [0.15, 0.2) is 0 Å². The molecule has 0 unspecified atom stereocenters. The van der Waals surface area contributed by atoms with E-state index in [4.69, 9.17) is 0 Å². The highest BCUT2D eigenvalue weighted by molar-refractivity contribution is 9.10. The van der Waals surface area contributed by atoms with Crippen molar-refractivity contribution < 1.29 is 13.2 Å². The van der Waals surface area contributed by atoms with Gasteiger partial charge in [-0.25, -0.2) is 4.98 Å². The third-order valence-electron chi connectivity index (χ3n) is 2.98. The van der Waals surface area contributed by atoms with Crippen molar-refractivity contribution in [2.75, 3.05) is 18.0 Å². The molecular weight excluding hydrogens is 297 g/mol. The van der Waals surface area contributed by atoms with Crippen LogP contribution in [0.3, 0.4) is 0 Å². The first-order valence-electron chi connectivity index (χ1n) is 5.41. The molecule has 2 heterocycles. The molecule has 1 aromatic rings. The van der Waals surface area contributed by atoms with E-state index in [0.29, 0.717) is 17.7 Å². The molecule has 0 atom stereocenters. The number of halogens is 4. The van der Waals surface area contributed by atoms with Crippen molar-refractivity contribution in [2.45, 2.75) is 19.0 Å². The number of piperidine rings is 1. The highest BCUT2D eigenvalue weighted by Crippen LogP contribution is 2.35. The Morgan fingerprint density at radius 3 is 2.41 bits per heavy atom. The summed E-state index contributed by atoms with van der Waals surface area (Å²) in [6.45, 7) is 0.821. The Kier molecular flexibility index (Phi) is 3.61. The first kappa shape index (κ1) is 12.7. The van der Waals surface area contributed by atoms with Crippen molar-refractivity contribution >= 4 is 21.7 Å². The molecule has 0 saturated carbocycles. The van der Waals surface area contributed by atoms with Gasteiger partial charge in [-0.2, -0.15) is 13.2 Å². The quantitative estimate of drug-likeness (QED) is 0.737. The molecule has 6 heteroatoms. The third kappa shape index (κ3) is 3.12. The molecule has 17 heavy (non-hydrogen) atoms. The summed E-state index contributed by atoms with van der Waals surface area (Å²) in [7, 11) is 0. The van der Waals surface area contributed by atoms with Crippen LogP contribution in [0, 0.1) is 5.92 Å². The highest BCUT2D eigenvalue weighted by atomic mass is 79.9. The molecule has 0 aromatic carbocycles. The average molecular weight is 309 g/mol. The number of hydrogen-bond donors (Lipinski definition) is 0. The Morgan fingerprint density at radius 1 is 1.24 bits per heavy atom. The number of hydrogen-bond acceptors (Lipinski definition) is 2. The van der Waals surface area contributed by atoms with Crippen LogP contribution in [-0.2, 0) is 0 Å². The molecular formula is C11H12BrF3N2. The van der Waals surface area contributed by atoms with Gasteiger partial charge in [0.1, 0.15) is 10.4 Å². The molecule has 0 bridgehead atoms. The molecule has 1 aromatic heterocycles. The lowest BCUT2D eigenvalue weighted by atomic mass is 9.96. The summed E-state index contributed by atoms with van der Waals surface area (Å²) in [5.74, 6) is -0.425. The fourth-order valence-corrected chi connectivity index (χ4v) is 2.34. The minimum absolute atomic E-state index is 0.150. The number of rotatable bonds is 1. The maximum Gasteiger partial charge on any atom is 0.391 e. The topological polar surface area (TPSA) is 16.1 Å². The first-order chi connectivity index (χ1) is 7.97. The number of pyridine rings is 1. The Hall–Kier alpha value is -0.780. The monoisotopic (exact) mass is 308 g/mol. The summed E-state index contributed by atoms with van der Waals surface area (Å²) in [6.07, 6.45) is -3.76. The zero-order chi connectivity index (χ0) is 12.5. The van der Waals surface area contributed by atoms with Crippen molar-refractivity contribution in [3.63, 3.8) is 0 Å². The minimum atomic E-state index is -4.06. The molecule has 1 aliphatic rings. The molecule has 1 fully saturated rings. The maximum absolute atomic E-state index is 12.5. The van der Waals surface area contributed by atoms with Crippen LogP contribution in [-0.4, -0.2) is 24.2 Å². The summed E-state index contributed by atoms with van der Waals surface area (Å²) >= 11 is 3.25. The summed E-state index contributed by atoms with van der Waals surface area (Å²) < 4.78 is 38.2. The second-order valence-corrected chi connectivity index (χ2v) is 4.93. The second-order valence-electron chi connectivity index (χ2n) is 4.12. The number of nitrogens with zero attached hydrogens (tertiary/aromatic N) is 2. The van der Waals surface area contributed by atoms with Gasteiger partial charge in [0.05, 0.1) is 5.92 Å². The zero-order valence-corrected chi connectivity index (χ0v) is 10.6. The van der Waals surface area contributed by atoms with Gasteiger partial charge in [0.25, 0.3) is 0 Å². The molecule has 2 rings (SSSR count). The van der Waals surface area contributed by atoms with Crippen molar-refractivity contribution in [2.24, 2.45) is 5.92 Å². The van der Waals surface area contributed by atoms with Crippen LogP contribution in [0.4, 0.5) is 19.0 Å². The van der Waals surface area contributed by atoms with E-state index in [2.05, 4.69) is 20.9 Å². The van der Waals surface area contributed by atoms with Crippen LogP contribution in [0.5, 0.6) is 0 Å². The van der Waals surface area contributed by atoms with E-state index >= 15 is 0 Å². The molecule has 94 valence electrons. The van der Waals surface area contributed by atoms with Gasteiger partial charge in [-0.1, -0.05) is 6.07 Å². The fraction of sp³-hybridized carbons (Fsp3) is 0.545. The third-order valence-corrected chi connectivity index (χ3v) is 3.42. The lowest BCUT2D eigenvalue weighted by Crippen LogP contribution is -2.39. The van der Waals surface area contributed by atoms with E-state index in [1.165, 1.54) is 0 Å². The van der Waals surface area contributed by atoms with Crippen molar-refractivity contribution in [1.82, 2.24) is 4.98 Å². The molecule has 0 radical (unpaired) electrons. The number of anilines is 1. The molecule has 0 spiro atoms. The van der Waals surface area contributed by atoms with Gasteiger partial charge in [-0.05, 0) is 40.9 Å². The summed E-state index contributed by atoms with van der Waals surface area (Å²) in [6, 6.07) is 5.45. The standard InChI is InChI=1S/C11H12BrF3N2/c12-9-2-1-3-10(16-9)17-6-4-8(5-7-17)11(13,14)15/h1-3,8H,4-7H2. The SMILES string of the molecule is FC(F)(F)C1CCN(c2cccc(Br)n2)CC1. The van der Waals surface area contributed by atoms with Gasteiger partial charge in [-0.15, -0.1) is 0 Å². The largest absolute Gasteiger partial charge is 0.391 e. The van der Waals surface area contributed by atoms with E-state index in [1.807, 2.05) is 17.0 Å². The minimum Gasteiger partial charge on any atom is -0.357 e. The van der Waals surface area contributed by atoms with E-state index in [1.54, 1.807) is 6.07 Å². The maximum atomic E-state index is 12.5. The summed E-state index contributed by atoms with van der Waals surface area (Å²) in [5, 5.41) is 0. The van der Waals surface area contributed by atoms with Gasteiger partial charge in [-0.3, -0.25) is 0 Å². The molecule has 1 aliphatic heterocycles. The number of alkyl halides is 3. The van der Waals surface area contributed by atoms with Gasteiger partial charge >= 0.3 is 6.18 Å². The fourth-order valence-electron chi connectivity index (χ4n) is 2.01. The van der Waals surface area contributed by atoms with Crippen molar-refractivity contribution in [3.8, 4) is 0 Å². The predicted octanol–water partition coefficient (Wildman–Crippen LogP) is 3.62. The van der Waals surface area contributed by atoms with Crippen LogP contribution in [0.1, 0.15) is 12.8 Å². The normalized spacial score (nSPS) is 18.5. The van der Waals surface area contributed by atoms with Gasteiger partial charge in [0, 0.05) is 13.1 Å². The smallest absolute Gasteiger partial charge is 0.357 e. The Labute approximate surface area is 106 Å². The highest BCUT2D eigenvalue weighted by Gasteiger charge is 2.41. The number of aromatic nitrogens is 1. The average Bonchev–Trinajstić information content (AvgIpc) is 2.28. The predicted molar refractivity (Wildman–Crippen MR) is 62.9 cm³/mol. The van der Waals surface area contributed by atoms with Crippen molar-refractivity contribution in [1.29, 1.82) is 0 Å². The Morgan fingerprint density at radius 2 is 1.88 bits per heavy atom. The molecule has 2 nitrogen and oxygen atoms in total.